The van der Waals surface area contributed by atoms with E-state index in [4.69, 9.17) is 4.42 Å². The van der Waals surface area contributed by atoms with Gasteiger partial charge in [-0.15, -0.1) is 0 Å². The molecule has 18 heavy (non-hydrogen) atoms. The molecule has 2 heterocycles. The van der Waals surface area contributed by atoms with Gasteiger partial charge in [-0.25, -0.2) is 4.98 Å². The molecule has 0 saturated carbocycles. The van der Waals surface area contributed by atoms with Crippen LogP contribution in [0.2, 0.25) is 0 Å². The zero-order chi connectivity index (χ0) is 13.1. The fourth-order valence-corrected chi connectivity index (χ4v) is 2.07. The number of aromatic nitrogens is 1. The summed E-state index contributed by atoms with van der Waals surface area (Å²) in [5.74, 6) is 0.760. The van der Waals surface area contributed by atoms with E-state index in [-0.39, 0.29) is 5.91 Å². The van der Waals surface area contributed by atoms with Crippen molar-refractivity contribution in [1.29, 1.82) is 0 Å². The summed E-state index contributed by atoms with van der Waals surface area (Å²) in [5, 5.41) is 0. The molecule has 0 unspecified atom stereocenters. The highest BCUT2D eigenvalue weighted by Crippen LogP contribution is 2.17. The number of furan rings is 1. The third kappa shape index (κ3) is 2.61. The van der Waals surface area contributed by atoms with Gasteiger partial charge in [0.1, 0.15) is 10.4 Å². The predicted molar refractivity (Wildman–Crippen MR) is 71.2 cm³/mol. The number of hydrogen-bond donors (Lipinski definition) is 0. The summed E-state index contributed by atoms with van der Waals surface area (Å²) < 4.78 is 5.78. The van der Waals surface area contributed by atoms with E-state index in [1.807, 2.05) is 13.0 Å². The highest BCUT2D eigenvalue weighted by atomic mass is 79.9. The molecule has 0 aliphatic rings. The van der Waals surface area contributed by atoms with Gasteiger partial charge in [0.2, 0.25) is 0 Å². The Balaban J connectivity index is 2.15. The van der Waals surface area contributed by atoms with Crippen molar-refractivity contribution < 1.29 is 9.21 Å². The van der Waals surface area contributed by atoms with Crippen LogP contribution in [0, 0.1) is 6.92 Å². The van der Waals surface area contributed by atoms with Gasteiger partial charge in [0, 0.05) is 25.4 Å². The van der Waals surface area contributed by atoms with Gasteiger partial charge < -0.3 is 9.32 Å². The molecule has 0 bridgehead atoms. The number of hydrogen-bond acceptors (Lipinski definition) is 3. The van der Waals surface area contributed by atoms with Crippen molar-refractivity contribution in [3.8, 4) is 0 Å². The zero-order valence-corrected chi connectivity index (χ0v) is 11.8. The molecule has 0 fully saturated rings. The van der Waals surface area contributed by atoms with Crippen LogP contribution in [-0.4, -0.2) is 22.8 Å². The zero-order valence-electron chi connectivity index (χ0n) is 10.2. The Kier molecular flexibility index (Phi) is 3.81. The van der Waals surface area contributed by atoms with Crippen molar-refractivity contribution in [2.24, 2.45) is 0 Å². The lowest BCUT2D eigenvalue weighted by Crippen LogP contribution is -2.26. The first-order valence-electron chi connectivity index (χ1n) is 5.48. The lowest BCUT2D eigenvalue weighted by Gasteiger charge is -2.17. The standard InChI is InChI=1S/C13H13BrN2O2/c1-9-10(5-7-18-9)8-16(2)13(17)11-4-3-6-15-12(11)14/h3-7H,8H2,1-2H3. The van der Waals surface area contributed by atoms with Crippen LogP contribution < -0.4 is 0 Å². The van der Waals surface area contributed by atoms with Crippen molar-refractivity contribution in [3.05, 3.63) is 52.1 Å². The van der Waals surface area contributed by atoms with Gasteiger partial charge in [-0.05, 0) is 41.1 Å². The molecule has 0 spiro atoms. The molecule has 94 valence electrons. The lowest BCUT2D eigenvalue weighted by atomic mass is 10.2. The molecule has 4 nitrogen and oxygen atoms in total. The maximum absolute atomic E-state index is 12.2. The van der Waals surface area contributed by atoms with Gasteiger partial charge in [0.15, 0.2) is 0 Å². The second kappa shape index (κ2) is 5.35. The van der Waals surface area contributed by atoms with Crippen molar-refractivity contribution in [1.82, 2.24) is 9.88 Å². The molecule has 2 aromatic heterocycles. The van der Waals surface area contributed by atoms with E-state index in [9.17, 15) is 4.79 Å². The summed E-state index contributed by atoms with van der Waals surface area (Å²) in [5.41, 5.74) is 1.56. The first-order chi connectivity index (χ1) is 8.59. The van der Waals surface area contributed by atoms with E-state index in [0.717, 1.165) is 11.3 Å². The van der Waals surface area contributed by atoms with Crippen LogP contribution in [0.5, 0.6) is 0 Å². The van der Waals surface area contributed by atoms with E-state index >= 15 is 0 Å². The van der Waals surface area contributed by atoms with Crippen molar-refractivity contribution >= 4 is 21.8 Å². The molecular formula is C13H13BrN2O2. The number of nitrogens with zero attached hydrogens (tertiary/aromatic N) is 2. The van der Waals surface area contributed by atoms with E-state index < -0.39 is 0 Å². The smallest absolute Gasteiger partial charge is 0.256 e. The molecule has 1 amide bonds. The Labute approximate surface area is 114 Å². The van der Waals surface area contributed by atoms with Crippen LogP contribution in [0.3, 0.4) is 0 Å². The summed E-state index contributed by atoms with van der Waals surface area (Å²) in [6.45, 7) is 2.40. The van der Waals surface area contributed by atoms with Gasteiger partial charge in [0.25, 0.3) is 5.91 Å². The maximum Gasteiger partial charge on any atom is 0.256 e. The molecule has 0 atom stereocenters. The Morgan fingerprint density at radius 3 is 2.89 bits per heavy atom. The second-order valence-corrected chi connectivity index (χ2v) is 4.76. The molecule has 2 rings (SSSR count). The lowest BCUT2D eigenvalue weighted by molar-refractivity contribution is 0.0783. The Bertz CT molecular complexity index is 566. The third-order valence-corrected chi connectivity index (χ3v) is 3.34. The predicted octanol–water partition coefficient (Wildman–Crippen LogP) is 3.02. The number of carbonyl (C=O) groups excluding carboxylic acids is 1. The van der Waals surface area contributed by atoms with Crippen LogP contribution >= 0.6 is 15.9 Å². The van der Waals surface area contributed by atoms with Crippen molar-refractivity contribution in [2.75, 3.05) is 7.05 Å². The van der Waals surface area contributed by atoms with Gasteiger partial charge in [-0.2, -0.15) is 0 Å². The van der Waals surface area contributed by atoms with Crippen LogP contribution in [0.15, 0.2) is 39.7 Å². The van der Waals surface area contributed by atoms with E-state index in [1.165, 1.54) is 0 Å². The van der Waals surface area contributed by atoms with Crippen LogP contribution in [0.4, 0.5) is 0 Å². The number of pyridine rings is 1. The minimum absolute atomic E-state index is 0.0735. The second-order valence-electron chi connectivity index (χ2n) is 4.01. The van der Waals surface area contributed by atoms with Crippen molar-refractivity contribution in [2.45, 2.75) is 13.5 Å². The Morgan fingerprint density at radius 1 is 1.50 bits per heavy atom. The van der Waals surface area contributed by atoms with Gasteiger partial charge in [-0.3, -0.25) is 4.79 Å². The van der Waals surface area contributed by atoms with Crippen molar-refractivity contribution in [3.63, 3.8) is 0 Å². The summed E-state index contributed by atoms with van der Waals surface area (Å²) in [4.78, 5) is 17.9. The van der Waals surface area contributed by atoms with Crippen LogP contribution in [0.1, 0.15) is 21.7 Å². The molecule has 0 aliphatic heterocycles. The Morgan fingerprint density at radius 2 is 2.28 bits per heavy atom. The first-order valence-corrected chi connectivity index (χ1v) is 6.28. The molecule has 5 heteroatoms. The molecule has 2 aromatic rings. The monoisotopic (exact) mass is 308 g/mol. The average Bonchev–Trinajstić information content (AvgIpc) is 2.75. The number of carbonyl (C=O) groups is 1. The average molecular weight is 309 g/mol. The fourth-order valence-electron chi connectivity index (χ4n) is 1.65. The molecule has 0 radical (unpaired) electrons. The van der Waals surface area contributed by atoms with Gasteiger partial charge in [-0.1, -0.05) is 0 Å². The molecule has 0 aromatic carbocycles. The SMILES string of the molecule is Cc1occc1CN(C)C(=O)c1cccnc1Br. The number of amides is 1. The molecular weight excluding hydrogens is 296 g/mol. The van der Waals surface area contributed by atoms with E-state index in [2.05, 4.69) is 20.9 Å². The summed E-state index contributed by atoms with van der Waals surface area (Å²) in [6, 6.07) is 5.37. The summed E-state index contributed by atoms with van der Waals surface area (Å²) >= 11 is 3.28. The first kappa shape index (κ1) is 12.8. The molecule has 0 saturated heterocycles. The topological polar surface area (TPSA) is 46.3 Å². The quantitative estimate of drug-likeness (QED) is 0.819. The normalized spacial score (nSPS) is 10.4. The molecule has 0 N–H and O–H groups in total. The van der Waals surface area contributed by atoms with E-state index in [1.54, 1.807) is 36.5 Å². The highest BCUT2D eigenvalue weighted by Gasteiger charge is 2.16. The summed E-state index contributed by atoms with van der Waals surface area (Å²) in [6.07, 6.45) is 3.27. The third-order valence-electron chi connectivity index (χ3n) is 2.71. The summed E-state index contributed by atoms with van der Waals surface area (Å²) in [7, 11) is 1.76. The fraction of sp³-hybridized carbons (Fsp3) is 0.231. The highest BCUT2D eigenvalue weighted by molar-refractivity contribution is 9.10. The molecule has 0 aliphatic carbocycles. The van der Waals surface area contributed by atoms with Gasteiger partial charge in [0.05, 0.1) is 11.8 Å². The number of aryl methyl sites for hydroxylation is 1. The maximum atomic E-state index is 12.2. The number of rotatable bonds is 3. The van der Waals surface area contributed by atoms with Crippen LogP contribution in [0.25, 0.3) is 0 Å². The number of halogens is 1. The minimum Gasteiger partial charge on any atom is -0.469 e. The van der Waals surface area contributed by atoms with E-state index in [0.29, 0.717) is 16.7 Å². The largest absolute Gasteiger partial charge is 0.469 e. The minimum atomic E-state index is -0.0735. The Hall–Kier alpha value is -1.62. The van der Waals surface area contributed by atoms with Crippen LogP contribution in [-0.2, 0) is 6.54 Å². The van der Waals surface area contributed by atoms with Gasteiger partial charge >= 0.3 is 0 Å².